The molecule has 3 aromatic carbocycles. The van der Waals surface area contributed by atoms with Gasteiger partial charge in [0.05, 0.1) is 11.8 Å². The van der Waals surface area contributed by atoms with Crippen LogP contribution in [-0.2, 0) is 0 Å². The minimum atomic E-state index is -0.353. The van der Waals surface area contributed by atoms with Crippen molar-refractivity contribution in [2.75, 3.05) is 6.79 Å². The number of hydrazone groups is 1. The van der Waals surface area contributed by atoms with Crippen LogP contribution in [0.5, 0.6) is 17.2 Å². The number of fused-ring (bicyclic) bond motifs is 4. The molecule has 30 heavy (non-hydrogen) atoms. The lowest BCUT2D eigenvalue weighted by molar-refractivity contribution is -0.0190. The van der Waals surface area contributed by atoms with Gasteiger partial charge in [0.2, 0.25) is 13.0 Å². The molecule has 0 amide bonds. The first-order chi connectivity index (χ1) is 14.7. The standard InChI is InChI=1S/C23H16BrClN2O3/c24-15-5-7-20-17(10-15)19-11-18(13-4-6-21-22(9-13)29-12-28-21)26-27(19)23(30-20)14-2-1-3-16(25)8-14/h1-10,19,23H,11-12H2/t19-,23-/m1/s1. The van der Waals surface area contributed by atoms with E-state index in [0.717, 1.165) is 50.5 Å². The molecule has 0 aromatic heterocycles. The third-order valence-electron chi connectivity index (χ3n) is 5.59. The quantitative estimate of drug-likeness (QED) is 0.443. The normalized spacial score (nSPS) is 21.0. The summed E-state index contributed by atoms with van der Waals surface area (Å²) in [7, 11) is 0. The molecule has 2 atom stereocenters. The SMILES string of the molecule is Clc1cccc([C@H]2Oc3ccc(Br)cc3[C@H]3CC(c4ccc5c(c4)OCO5)=NN32)c1. The number of ether oxygens (including phenoxy) is 3. The average molecular weight is 484 g/mol. The zero-order chi connectivity index (χ0) is 20.2. The van der Waals surface area contributed by atoms with Gasteiger partial charge in [0.15, 0.2) is 11.5 Å². The number of rotatable bonds is 2. The molecule has 0 unspecified atom stereocenters. The molecule has 3 heterocycles. The molecule has 150 valence electrons. The van der Waals surface area contributed by atoms with Crippen molar-refractivity contribution in [3.63, 3.8) is 0 Å². The van der Waals surface area contributed by atoms with E-state index in [-0.39, 0.29) is 19.1 Å². The Morgan fingerprint density at radius 1 is 0.967 bits per heavy atom. The predicted octanol–water partition coefficient (Wildman–Crippen LogP) is 6.07. The summed E-state index contributed by atoms with van der Waals surface area (Å²) in [5, 5.41) is 7.71. The molecule has 0 spiro atoms. The van der Waals surface area contributed by atoms with Crippen molar-refractivity contribution in [1.29, 1.82) is 0 Å². The van der Waals surface area contributed by atoms with Crippen molar-refractivity contribution >= 4 is 33.2 Å². The van der Waals surface area contributed by atoms with Crippen LogP contribution in [0.2, 0.25) is 5.02 Å². The van der Waals surface area contributed by atoms with Crippen molar-refractivity contribution < 1.29 is 14.2 Å². The van der Waals surface area contributed by atoms with Crippen molar-refractivity contribution in [2.24, 2.45) is 5.10 Å². The van der Waals surface area contributed by atoms with Gasteiger partial charge in [-0.3, -0.25) is 0 Å². The Labute approximate surface area is 186 Å². The maximum absolute atomic E-state index is 6.39. The fraction of sp³-hybridized carbons (Fsp3) is 0.174. The monoisotopic (exact) mass is 482 g/mol. The van der Waals surface area contributed by atoms with Gasteiger partial charge in [0, 0.05) is 32.6 Å². The van der Waals surface area contributed by atoms with Crippen molar-refractivity contribution in [1.82, 2.24) is 5.01 Å². The third-order valence-corrected chi connectivity index (χ3v) is 6.32. The van der Waals surface area contributed by atoms with Gasteiger partial charge in [-0.2, -0.15) is 5.10 Å². The summed E-state index contributed by atoms with van der Waals surface area (Å²) in [6, 6.07) is 19.9. The van der Waals surface area contributed by atoms with Gasteiger partial charge >= 0.3 is 0 Å². The Balaban J connectivity index is 1.44. The van der Waals surface area contributed by atoms with Crippen LogP contribution < -0.4 is 14.2 Å². The van der Waals surface area contributed by atoms with E-state index < -0.39 is 0 Å². The summed E-state index contributed by atoms with van der Waals surface area (Å²) >= 11 is 9.86. The first kappa shape index (κ1) is 18.1. The van der Waals surface area contributed by atoms with E-state index in [4.69, 9.17) is 30.9 Å². The predicted molar refractivity (Wildman–Crippen MR) is 117 cm³/mol. The fourth-order valence-electron chi connectivity index (χ4n) is 4.19. The molecule has 7 heteroatoms. The molecule has 6 rings (SSSR count). The molecule has 5 nitrogen and oxygen atoms in total. The Hall–Kier alpha value is -2.70. The van der Waals surface area contributed by atoms with Crippen LogP contribution in [0, 0.1) is 0 Å². The molecule has 0 saturated carbocycles. The molecular weight excluding hydrogens is 468 g/mol. The number of halogens is 2. The van der Waals surface area contributed by atoms with Gasteiger partial charge < -0.3 is 14.2 Å². The summed E-state index contributed by atoms with van der Waals surface area (Å²) < 4.78 is 18.4. The molecule has 3 aromatic rings. The Morgan fingerprint density at radius 2 is 1.83 bits per heavy atom. The zero-order valence-corrected chi connectivity index (χ0v) is 18.1. The van der Waals surface area contributed by atoms with Gasteiger partial charge in [0.25, 0.3) is 0 Å². The van der Waals surface area contributed by atoms with Gasteiger partial charge in [-0.1, -0.05) is 39.7 Å². The van der Waals surface area contributed by atoms with Crippen molar-refractivity contribution in [2.45, 2.75) is 18.7 Å². The highest BCUT2D eigenvalue weighted by Crippen LogP contribution is 2.48. The van der Waals surface area contributed by atoms with Gasteiger partial charge in [-0.05, 0) is 48.5 Å². The molecular formula is C23H16BrClN2O3. The van der Waals surface area contributed by atoms with Crippen LogP contribution in [0.3, 0.4) is 0 Å². The second-order valence-electron chi connectivity index (χ2n) is 7.42. The largest absolute Gasteiger partial charge is 0.464 e. The molecule has 3 aliphatic heterocycles. The highest BCUT2D eigenvalue weighted by atomic mass is 79.9. The number of benzene rings is 3. The fourth-order valence-corrected chi connectivity index (χ4v) is 4.77. The summed E-state index contributed by atoms with van der Waals surface area (Å²) in [6.45, 7) is 0.256. The van der Waals surface area contributed by atoms with Gasteiger partial charge in [0.1, 0.15) is 5.75 Å². The lowest BCUT2D eigenvalue weighted by Crippen LogP contribution is -2.33. The van der Waals surface area contributed by atoms with E-state index in [2.05, 4.69) is 22.0 Å². The smallest absolute Gasteiger partial charge is 0.231 e. The maximum Gasteiger partial charge on any atom is 0.231 e. The van der Waals surface area contributed by atoms with E-state index in [1.165, 1.54) is 0 Å². The molecule has 0 fully saturated rings. The summed E-state index contributed by atoms with van der Waals surface area (Å²) in [4.78, 5) is 0. The highest BCUT2D eigenvalue weighted by Gasteiger charge is 2.41. The second-order valence-corrected chi connectivity index (χ2v) is 8.77. The highest BCUT2D eigenvalue weighted by molar-refractivity contribution is 9.10. The summed E-state index contributed by atoms with van der Waals surface area (Å²) in [5.41, 5.74) is 4.09. The third kappa shape index (κ3) is 2.94. The molecule has 0 radical (unpaired) electrons. The molecule has 0 aliphatic carbocycles. The molecule has 0 saturated heterocycles. The first-order valence-corrected chi connectivity index (χ1v) is 10.8. The van der Waals surface area contributed by atoms with Crippen LogP contribution in [0.4, 0.5) is 0 Å². The molecule has 0 N–H and O–H groups in total. The minimum Gasteiger partial charge on any atom is -0.464 e. The number of hydrogen-bond acceptors (Lipinski definition) is 5. The van der Waals surface area contributed by atoms with E-state index in [0.29, 0.717) is 5.02 Å². The van der Waals surface area contributed by atoms with Crippen LogP contribution in [0.25, 0.3) is 0 Å². The first-order valence-electron chi connectivity index (χ1n) is 9.63. The van der Waals surface area contributed by atoms with Crippen LogP contribution in [0.1, 0.15) is 35.4 Å². The minimum absolute atomic E-state index is 0.0654. The Bertz CT molecular complexity index is 1200. The van der Waals surface area contributed by atoms with Crippen molar-refractivity contribution in [3.05, 3.63) is 86.8 Å². The van der Waals surface area contributed by atoms with E-state index in [1.807, 2.05) is 59.6 Å². The Morgan fingerprint density at radius 3 is 2.73 bits per heavy atom. The maximum atomic E-state index is 6.39. The van der Waals surface area contributed by atoms with Crippen LogP contribution in [-0.4, -0.2) is 17.5 Å². The van der Waals surface area contributed by atoms with Crippen LogP contribution >= 0.6 is 27.5 Å². The van der Waals surface area contributed by atoms with E-state index in [1.54, 1.807) is 0 Å². The van der Waals surface area contributed by atoms with Gasteiger partial charge in [-0.25, -0.2) is 5.01 Å². The Kier molecular flexibility index (Phi) is 4.18. The summed E-state index contributed by atoms with van der Waals surface area (Å²) in [5.74, 6) is 2.39. The average Bonchev–Trinajstić information content (AvgIpc) is 3.40. The van der Waals surface area contributed by atoms with Crippen LogP contribution in [0.15, 0.2) is 70.2 Å². The summed E-state index contributed by atoms with van der Waals surface area (Å²) in [6.07, 6.45) is 0.415. The molecule has 3 aliphatic rings. The second kappa shape index (κ2) is 6.93. The topological polar surface area (TPSA) is 43.3 Å². The lowest BCUT2D eigenvalue weighted by atomic mass is 9.96. The zero-order valence-electron chi connectivity index (χ0n) is 15.7. The number of nitrogens with zero attached hydrogens (tertiary/aromatic N) is 2. The number of hydrogen-bond donors (Lipinski definition) is 0. The van der Waals surface area contributed by atoms with Crippen molar-refractivity contribution in [3.8, 4) is 17.2 Å². The lowest BCUT2D eigenvalue weighted by Gasteiger charge is -2.38. The van der Waals surface area contributed by atoms with E-state index in [9.17, 15) is 0 Å². The molecule has 0 bridgehead atoms. The van der Waals surface area contributed by atoms with E-state index >= 15 is 0 Å². The van der Waals surface area contributed by atoms with Gasteiger partial charge in [-0.15, -0.1) is 0 Å².